The second-order valence-corrected chi connectivity index (χ2v) is 6.94. The van der Waals surface area contributed by atoms with Crippen LogP contribution in [-0.2, 0) is 0 Å². The quantitative estimate of drug-likeness (QED) is 0.759. The molecular formula is C19H20F6N2O. The molecule has 3 nitrogen and oxygen atoms in total. The van der Waals surface area contributed by atoms with Crippen molar-refractivity contribution in [1.29, 1.82) is 0 Å². The molecular weight excluding hydrogens is 386 g/mol. The van der Waals surface area contributed by atoms with Crippen LogP contribution in [0.5, 0.6) is 5.75 Å². The van der Waals surface area contributed by atoms with E-state index in [0.717, 1.165) is 6.20 Å². The monoisotopic (exact) mass is 406 g/mol. The zero-order chi connectivity index (χ0) is 20.5. The summed E-state index contributed by atoms with van der Waals surface area (Å²) in [5.74, 6) is -4.21. The number of hydrogen-bond acceptors (Lipinski definition) is 3. The third-order valence-electron chi connectivity index (χ3n) is 4.81. The van der Waals surface area contributed by atoms with Gasteiger partial charge in [-0.2, -0.15) is 13.2 Å². The number of rotatable bonds is 4. The molecule has 28 heavy (non-hydrogen) atoms. The average molecular weight is 406 g/mol. The van der Waals surface area contributed by atoms with Crippen molar-refractivity contribution in [3.05, 3.63) is 53.5 Å². The van der Waals surface area contributed by atoms with E-state index in [1.807, 2.05) is 0 Å². The molecule has 2 unspecified atom stereocenters. The summed E-state index contributed by atoms with van der Waals surface area (Å²) in [6.07, 6.45) is -1.43. The van der Waals surface area contributed by atoms with Gasteiger partial charge in [0.1, 0.15) is 6.61 Å². The van der Waals surface area contributed by atoms with Gasteiger partial charge in [0.15, 0.2) is 17.6 Å². The van der Waals surface area contributed by atoms with E-state index >= 15 is 0 Å². The Bertz CT molecular complexity index is 774. The number of aryl methyl sites for hydroxylation is 1. The minimum atomic E-state index is -4.80. The summed E-state index contributed by atoms with van der Waals surface area (Å²) in [4.78, 5) is 0.658. The molecule has 1 aromatic rings. The van der Waals surface area contributed by atoms with Crippen LogP contribution in [0.15, 0.2) is 42.1 Å². The van der Waals surface area contributed by atoms with Crippen LogP contribution in [0, 0.1) is 12.7 Å². The third kappa shape index (κ3) is 4.29. The molecule has 154 valence electrons. The van der Waals surface area contributed by atoms with Crippen LogP contribution in [0.3, 0.4) is 0 Å². The minimum absolute atomic E-state index is 0.134. The van der Waals surface area contributed by atoms with Crippen molar-refractivity contribution in [2.75, 3.05) is 19.7 Å². The summed E-state index contributed by atoms with van der Waals surface area (Å²) in [6, 6.07) is 0.228. The summed E-state index contributed by atoms with van der Waals surface area (Å²) >= 11 is 0. The first-order valence-corrected chi connectivity index (χ1v) is 8.78. The Kier molecular flexibility index (Phi) is 5.65. The van der Waals surface area contributed by atoms with Crippen molar-refractivity contribution < 1.29 is 31.1 Å². The van der Waals surface area contributed by atoms with Gasteiger partial charge in [-0.15, -0.1) is 0 Å². The Morgan fingerprint density at radius 3 is 2.68 bits per heavy atom. The fourth-order valence-corrected chi connectivity index (χ4v) is 3.50. The topological polar surface area (TPSA) is 24.5 Å². The van der Waals surface area contributed by atoms with Crippen LogP contribution >= 0.6 is 0 Å². The van der Waals surface area contributed by atoms with Gasteiger partial charge in [-0.05, 0) is 49.2 Å². The SMILES string of the molecule is Cc1ccc(OCC2=CC=CN(C3CCNCC3(F)F)C2C(F)(F)F)c(F)c1. The standard InChI is InChI=1S/C19H20F6N2O/c1-12-4-5-15(14(20)9-12)28-10-13-3-2-8-27(17(13)19(23,24)25)16-6-7-26-11-18(16,21)22/h2-5,8-9,16-17,26H,6-7,10-11H2,1H3. The van der Waals surface area contributed by atoms with Crippen LogP contribution in [0.25, 0.3) is 0 Å². The van der Waals surface area contributed by atoms with Crippen LogP contribution in [0.2, 0.25) is 0 Å². The lowest BCUT2D eigenvalue weighted by molar-refractivity contribution is -0.190. The van der Waals surface area contributed by atoms with Gasteiger partial charge >= 0.3 is 6.18 Å². The van der Waals surface area contributed by atoms with Crippen molar-refractivity contribution in [3.8, 4) is 5.75 Å². The molecule has 1 saturated heterocycles. The largest absolute Gasteiger partial charge is 0.486 e. The molecule has 2 aliphatic rings. The number of allylic oxidation sites excluding steroid dienone is 2. The predicted octanol–water partition coefficient (Wildman–Crippen LogP) is 4.20. The number of halogens is 6. The molecule has 0 radical (unpaired) electrons. The summed E-state index contributed by atoms with van der Waals surface area (Å²) in [7, 11) is 0. The highest BCUT2D eigenvalue weighted by atomic mass is 19.4. The fraction of sp³-hybridized carbons (Fsp3) is 0.474. The van der Waals surface area contributed by atoms with Gasteiger partial charge in [-0.3, -0.25) is 0 Å². The fourth-order valence-electron chi connectivity index (χ4n) is 3.50. The summed E-state index contributed by atoms with van der Waals surface area (Å²) < 4.78 is 89.1. The highest BCUT2D eigenvalue weighted by Gasteiger charge is 2.53. The average Bonchev–Trinajstić information content (AvgIpc) is 2.59. The van der Waals surface area contributed by atoms with E-state index in [1.54, 1.807) is 13.0 Å². The van der Waals surface area contributed by atoms with Crippen LogP contribution in [0.1, 0.15) is 12.0 Å². The van der Waals surface area contributed by atoms with E-state index in [-0.39, 0.29) is 24.3 Å². The third-order valence-corrected chi connectivity index (χ3v) is 4.81. The first kappa shape index (κ1) is 20.6. The molecule has 0 saturated carbocycles. The van der Waals surface area contributed by atoms with Gasteiger partial charge in [0, 0.05) is 6.20 Å². The lowest BCUT2D eigenvalue weighted by Gasteiger charge is -2.45. The molecule has 0 aromatic heterocycles. The number of benzene rings is 1. The molecule has 0 spiro atoms. The van der Waals surface area contributed by atoms with Crippen LogP contribution in [0.4, 0.5) is 26.3 Å². The zero-order valence-electron chi connectivity index (χ0n) is 15.1. The van der Waals surface area contributed by atoms with Crippen molar-refractivity contribution in [1.82, 2.24) is 10.2 Å². The van der Waals surface area contributed by atoms with Gasteiger partial charge in [0.05, 0.1) is 12.6 Å². The van der Waals surface area contributed by atoms with Gasteiger partial charge < -0.3 is 15.0 Å². The maximum absolute atomic E-state index is 14.3. The maximum Gasteiger partial charge on any atom is 0.412 e. The van der Waals surface area contributed by atoms with E-state index in [0.29, 0.717) is 10.5 Å². The van der Waals surface area contributed by atoms with Crippen LogP contribution in [-0.4, -0.2) is 48.8 Å². The number of hydrogen-bond donors (Lipinski definition) is 1. The Morgan fingerprint density at radius 2 is 2.04 bits per heavy atom. The van der Waals surface area contributed by atoms with E-state index in [2.05, 4.69) is 5.32 Å². The highest BCUT2D eigenvalue weighted by Crippen LogP contribution is 2.39. The van der Waals surface area contributed by atoms with E-state index in [1.165, 1.54) is 24.3 Å². The van der Waals surface area contributed by atoms with E-state index in [4.69, 9.17) is 4.74 Å². The molecule has 1 fully saturated rings. The molecule has 1 aromatic carbocycles. The van der Waals surface area contributed by atoms with Crippen molar-refractivity contribution in [2.45, 2.75) is 37.5 Å². The molecule has 0 amide bonds. The molecule has 1 N–H and O–H groups in total. The summed E-state index contributed by atoms with van der Waals surface area (Å²) in [5.41, 5.74) is 0.376. The normalized spacial score (nSPS) is 24.8. The van der Waals surface area contributed by atoms with Gasteiger partial charge in [0.2, 0.25) is 0 Å². The molecule has 2 aliphatic heterocycles. The predicted molar refractivity (Wildman–Crippen MR) is 91.8 cm³/mol. The molecule has 0 bridgehead atoms. The van der Waals surface area contributed by atoms with Crippen molar-refractivity contribution in [3.63, 3.8) is 0 Å². The number of alkyl halides is 5. The van der Waals surface area contributed by atoms with Crippen molar-refractivity contribution in [2.24, 2.45) is 0 Å². The number of ether oxygens (including phenoxy) is 1. The lowest BCUT2D eigenvalue weighted by atomic mass is 9.94. The lowest BCUT2D eigenvalue weighted by Crippen LogP contribution is -2.61. The number of nitrogens with zero attached hydrogens (tertiary/aromatic N) is 1. The Morgan fingerprint density at radius 1 is 1.29 bits per heavy atom. The number of piperidine rings is 1. The van der Waals surface area contributed by atoms with Crippen molar-refractivity contribution >= 4 is 0 Å². The molecule has 9 heteroatoms. The van der Waals surface area contributed by atoms with Crippen LogP contribution < -0.4 is 10.1 Å². The summed E-state index contributed by atoms with van der Waals surface area (Å²) in [6.45, 7) is 0.607. The Hall–Kier alpha value is -2.16. The molecule has 3 rings (SSSR count). The highest BCUT2D eigenvalue weighted by molar-refractivity contribution is 5.31. The summed E-state index contributed by atoms with van der Waals surface area (Å²) in [5, 5.41) is 2.50. The minimum Gasteiger partial charge on any atom is -0.486 e. The van der Waals surface area contributed by atoms with Gasteiger partial charge in [-0.25, -0.2) is 13.2 Å². The zero-order valence-corrected chi connectivity index (χ0v) is 15.1. The Balaban J connectivity index is 1.84. The molecule has 0 aliphatic carbocycles. The number of nitrogens with one attached hydrogen (secondary N) is 1. The maximum atomic E-state index is 14.3. The molecule has 2 atom stereocenters. The smallest absolute Gasteiger partial charge is 0.412 e. The molecule has 2 heterocycles. The van der Waals surface area contributed by atoms with E-state index < -0.39 is 43.2 Å². The second kappa shape index (κ2) is 7.69. The van der Waals surface area contributed by atoms with E-state index in [9.17, 15) is 26.3 Å². The first-order chi connectivity index (χ1) is 13.1. The van der Waals surface area contributed by atoms with Gasteiger partial charge in [-0.1, -0.05) is 12.1 Å². The first-order valence-electron chi connectivity index (χ1n) is 8.78. The Labute approximate surface area is 158 Å². The van der Waals surface area contributed by atoms with Gasteiger partial charge in [0.25, 0.3) is 5.92 Å². The second-order valence-electron chi connectivity index (χ2n) is 6.94.